The summed E-state index contributed by atoms with van der Waals surface area (Å²) in [6, 6.07) is 6.62. The van der Waals surface area contributed by atoms with Crippen LogP contribution in [0.2, 0.25) is 0 Å². The van der Waals surface area contributed by atoms with Gasteiger partial charge < -0.3 is 14.6 Å². The predicted octanol–water partition coefficient (Wildman–Crippen LogP) is 1.89. The molecule has 5 nitrogen and oxygen atoms in total. The number of ether oxygens (including phenoxy) is 2. The highest BCUT2D eigenvalue weighted by Crippen LogP contribution is 2.14. The van der Waals surface area contributed by atoms with Gasteiger partial charge in [0.25, 0.3) is 0 Å². The van der Waals surface area contributed by atoms with Gasteiger partial charge in [0.15, 0.2) is 0 Å². The van der Waals surface area contributed by atoms with Gasteiger partial charge in [0.05, 0.1) is 7.11 Å². The van der Waals surface area contributed by atoms with E-state index in [0.717, 1.165) is 0 Å². The van der Waals surface area contributed by atoms with Crippen molar-refractivity contribution >= 4 is 18.0 Å². The van der Waals surface area contributed by atoms with Crippen LogP contribution in [-0.4, -0.2) is 30.8 Å². The van der Waals surface area contributed by atoms with Crippen LogP contribution in [-0.2, 0) is 14.3 Å². The molecule has 0 amide bonds. The molecule has 0 saturated heterocycles. The average Bonchev–Trinajstić information content (AvgIpc) is 2.42. The number of esters is 1. The molecule has 1 aromatic rings. The number of methoxy groups -OCH3 is 1. The minimum Gasteiger partial charge on any atom is -0.497 e. The number of hydrogen-bond donors (Lipinski definition) is 1. The van der Waals surface area contributed by atoms with E-state index in [1.807, 2.05) is 0 Å². The summed E-state index contributed by atoms with van der Waals surface area (Å²) in [5.74, 6) is -1.60. The molecule has 1 aromatic carbocycles. The number of hydrogen-bond acceptors (Lipinski definition) is 4. The number of carbonyl (C=O) groups is 2. The van der Waals surface area contributed by atoms with Gasteiger partial charge in [0, 0.05) is 0 Å². The molecule has 19 heavy (non-hydrogen) atoms. The monoisotopic (exact) mass is 262 g/mol. The first-order chi connectivity index (χ1) is 9.08. The van der Waals surface area contributed by atoms with Crippen molar-refractivity contribution in [1.82, 2.24) is 0 Å². The lowest BCUT2D eigenvalue weighted by molar-refractivity contribution is -0.143. The van der Waals surface area contributed by atoms with Crippen molar-refractivity contribution in [2.45, 2.75) is 0 Å². The van der Waals surface area contributed by atoms with Crippen LogP contribution in [0.25, 0.3) is 6.08 Å². The molecule has 0 bridgehead atoms. The van der Waals surface area contributed by atoms with Crippen molar-refractivity contribution < 1.29 is 24.2 Å². The fourth-order valence-electron chi connectivity index (χ4n) is 1.29. The lowest BCUT2D eigenvalue weighted by atomic mass is 10.1. The zero-order chi connectivity index (χ0) is 14.3. The van der Waals surface area contributed by atoms with Gasteiger partial charge >= 0.3 is 11.9 Å². The molecule has 0 atom stereocenters. The quantitative estimate of drug-likeness (QED) is 0.279. The number of rotatable bonds is 6. The Morgan fingerprint density at radius 1 is 1.32 bits per heavy atom. The Bertz CT molecular complexity index is 499. The fourth-order valence-corrected chi connectivity index (χ4v) is 1.29. The minimum atomic E-state index is -1.34. The summed E-state index contributed by atoms with van der Waals surface area (Å²) in [5.41, 5.74) is 0.126. The third kappa shape index (κ3) is 4.31. The third-order valence-corrected chi connectivity index (χ3v) is 2.21. The van der Waals surface area contributed by atoms with Gasteiger partial charge in [0.2, 0.25) is 0 Å². The lowest BCUT2D eigenvalue weighted by Crippen LogP contribution is -2.15. The second-order valence-electron chi connectivity index (χ2n) is 3.52. The molecule has 5 heteroatoms. The molecule has 0 aromatic heterocycles. The van der Waals surface area contributed by atoms with Crippen molar-refractivity contribution in [3.63, 3.8) is 0 Å². The molecule has 0 aliphatic rings. The van der Waals surface area contributed by atoms with Crippen LogP contribution < -0.4 is 4.74 Å². The van der Waals surface area contributed by atoms with Crippen LogP contribution in [0.4, 0.5) is 0 Å². The topological polar surface area (TPSA) is 72.8 Å². The van der Waals surface area contributed by atoms with E-state index >= 15 is 0 Å². The van der Waals surface area contributed by atoms with Gasteiger partial charge in [-0.05, 0) is 23.8 Å². The molecule has 0 aliphatic carbocycles. The maximum atomic E-state index is 11.5. The Labute approximate surface area is 110 Å². The SMILES string of the molecule is C=CCOC(=O)C(=Cc1ccc(OC)cc1)C(=O)O. The molecule has 0 spiro atoms. The van der Waals surface area contributed by atoms with Crippen LogP contribution in [0.3, 0.4) is 0 Å². The van der Waals surface area contributed by atoms with E-state index in [9.17, 15) is 9.59 Å². The normalized spacial score (nSPS) is 10.7. The van der Waals surface area contributed by atoms with E-state index in [2.05, 4.69) is 6.58 Å². The predicted molar refractivity (Wildman–Crippen MR) is 69.8 cm³/mol. The maximum Gasteiger partial charge on any atom is 0.345 e. The van der Waals surface area contributed by atoms with Gasteiger partial charge in [0.1, 0.15) is 17.9 Å². The first kappa shape index (κ1) is 14.5. The van der Waals surface area contributed by atoms with Crippen molar-refractivity contribution in [2.75, 3.05) is 13.7 Å². The highest BCUT2D eigenvalue weighted by molar-refractivity contribution is 6.17. The summed E-state index contributed by atoms with van der Waals surface area (Å²) in [5, 5.41) is 8.99. The number of carboxylic acids is 1. The summed E-state index contributed by atoms with van der Waals surface area (Å²) < 4.78 is 9.68. The molecule has 0 heterocycles. The first-order valence-corrected chi connectivity index (χ1v) is 5.45. The summed E-state index contributed by atoms with van der Waals surface area (Å²) in [6.45, 7) is 3.35. The fraction of sp³-hybridized carbons (Fsp3) is 0.143. The standard InChI is InChI=1S/C14H14O5/c1-3-8-19-14(17)12(13(15)16)9-10-4-6-11(18-2)7-5-10/h3-7,9H,1,8H2,2H3,(H,15,16). The summed E-state index contributed by atoms with van der Waals surface area (Å²) in [6.07, 6.45) is 2.61. The van der Waals surface area contributed by atoms with Crippen molar-refractivity contribution in [3.8, 4) is 5.75 Å². The molecule has 0 unspecified atom stereocenters. The number of carbonyl (C=O) groups excluding carboxylic acids is 1. The smallest absolute Gasteiger partial charge is 0.345 e. The van der Waals surface area contributed by atoms with Gasteiger partial charge in [-0.1, -0.05) is 24.8 Å². The van der Waals surface area contributed by atoms with E-state index < -0.39 is 17.5 Å². The van der Waals surface area contributed by atoms with E-state index in [4.69, 9.17) is 14.6 Å². The molecule has 1 N–H and O–H groups in total. The second-order valence-corrected chi connectivity index (χ2v) is 3.52. The van der Waals surface area contributed by atoms with Gasteiger partial charge in [-0.2, -0.15) is 0 Å². The highest BCUT2D eigenvalue weighted by atomic mass is 16.5. The summed E-state index contributed by atoms with van der Waals surface area (Å²) in [4.78, 5) is 22.5. The summed E-state index contributed by atoms with van der Waals surface area (Å²) >= 11 is 0. The third-order valence-electron chi connectivity index (χ3n) is 2.21. The van der Waals surface area contributed by atoms with Crippen LogP contribution >= 0.6 is 0 Å². The van der Waals surface area contributed by atoms with Crippen LogP contribution in [0, 0.1) is 0 Å². The largest absolute Gasteiger partial charge is 0.497 e. The first-order valence-electron chi connectivity index (χ1n) is 5.45. The van der Waals surface area contributed by atoms with Crippen LogP contribution in [0.5, 0.6) is 5.75 Å². The van der Waals surface area contributed by atoms with Gasteiger partial charge in [-0.25, -0.2) is 9.59 Å². The lowest BCUT2D eigenvalue weighted by Gasteiger charge is -2.03. The molecule has 100 valence electrons. The maximum absolute atomic E-state index is 11.5. The molecule has 0 aliphatic heterocycles. The molecular weight excluding hydrogens is 248 g/mol. The average molecular weight is 262 g/mol. The molecule has 0 radical (unpaired) electrons. The van der Waals surface area contributed by atoms with Crippen LogP contribution in [0.1, 0.15) is 5.56 Å². The van der Waals surface area contributed by atoms with E-state index in [1.54, 1.807) is 24.3 Å². The Kier molecular flexibility index (Phi) is 5.35. The Hall–Kier alpha value is -2.56. The van der Waals surface area contributed by atoms with Crippen molar-refractivity contribution in [1.29, 1.82) is 0 Å². The number of carboxylic acid groups (broad SMARTS) is 1. The van der Waals surface area contributed by atoms with Crippen molar-refractivity contribution in [2.24, 2.45) is 0 Å². The number of benzene rings is 1. The van der Waals surface area contributed by atoms with Gasteiger partial charge in [-0.15, -0.1) is 0 Å². The van der Waals surface area contributed by atoms with E-state index in [1.165, 1.54) is 19.3 Å². The number of aliphatic carboxylic acids is 1. The highest BCUT2D eigenvalue weighted by Gasteiger charge is 2.18. The van der Waals surface area contributed by atoms with Crippen molar-refractivity contribution in [3.05, 3.63) is 48.1 Å². The van der Waals surface area contributed by atoms with E-state index in [0.29, 0.717) is 11.3 Å². The zero-order valence-corrected chi connectivity index (χ0v) is 10.5. The molecule has 0 saturated carbocycles. The van der Waals surface area contributed by atoms with Gasteiger partial charge in [-0.3, -0.25) is 0 Å². The van der Waals surface area contributed by atoms with E-state index in [-0.39, 0.29) is 6.61 Å². The summed E-state index contributed by atoms with van der Waals surface area (Å²) in [7, 11) is 1.53. The molecular formula is C14H14O5. The molecule has 1 rings (SSSR count). The Morgan fingerprint density at radius 2 is 1.95 bits per heavy atom. The zero-order valence-electron chi connectivity index (χ0n) is 10.5. The molecule has 0 fully saturated rings. The Morgan fingerprint density at radius 3 is 2.42 bits per heavy atom. The Balaban J connectivity index is 2.96. The minimum absolute atomic E-state index is 0.0356. The van der Waals surface area contributed by atoms with Crippen LogP contribution in [0.15, 0.2) is 42.5 Å². The second kappa shape index (κ2) is 7.00.